The van der Waals surface area contributed by atoms with E-state index in [9.17, 15) is 4.79 Å². The van der Waals surface area contributed by atoms with Crippen molar-refractivity contribution in [1.82, 2.24) is 14.8 Å². The highest BCUT2D eigenvalue weighted by atomic mass is 16.4. The zero-order valence-electron chi connectivity index (χ0n) is 18.9. The minimum Gasteiger partial charge on any atom is -0.423 e. The third-order valence-electron chi connectivity index (χ3n) is 6.17. The summed E-state index contributed by atoms with van der Waals surface area (Å²) in [5, 5.41) is 7.48. The van der Waals surface area contributed by atoms with E-state index in [4.69, 9.17) is 4.42 Å². The second kappa shape index (κ2) is 8.97. The van der Waals surface area contributed by atoms with Gasteiger partial charge in [-0.25, -0.2) is 4.68 Å². The van der Waals surface area contributed by atoms with Crippen LogP contribution >= 0.6 is 0 Å². The average Bonchev–Trinajstić information content (AvgIpc) is 3.46. The molecule has 3 heterocycles. The third-order valence-corrected chi connectivity index (χ3v) is 6.17. The van der Waals surface area contributed by atoms with E-state index in [0.29, 0.717) is 12.6 Å². The molecule has 170 valence electrons. The molecule has 1 aliphatic heterocycles. The molecule has 33 heavy (non-hydrogen) atoms. The van der Waals surface area contributed by atoms with Gasteiger partial charge in [-0.1, -0.05) is 24.3 Å². The van der Waals surface area contributed by atoms with Crippen LogP contribution in [0.1, 0.15) is 18.4 Å². The number of hydrogen-bond donors (Lipinski definition) is 1. The lowest BCUT2D eigenvalue weighted by Gasteiger charge is -2.30. The van der Waals surface area contributed by atoms with Crippen molar-refractivity contribution < 1.29 is 9.21 Å². The Morgan fingerprint density at radius 2 is 1.85 bits per heavy atom. The molecule has 0 spiro atoms. The zero-order chi connectivity index (χ0) is 22.8. The molecule has 2 aromatic carbocycles. The van der Waals surface area contributed by atoms with Crippen molar-refractivity contribution in [2.45, 2.75) is 19.4 Å². The second-order valence-electron chi connectivity index (χ2n) is 8.65. The van der Waals surface area contributed by atoms with Crippen LogP contribution in [0.3, 0.4) is 0 Å². The van der Waals surface area contributed by atoms with Crippen LogP contribution in [-0.2, 0) is 11.3 Å². The molecule has 1 saturated heterocycles. The molecule has 2 aromatic heterocycles. The number of amides is 1. The number of nitrogens with zero attached hydrogens (tertiary/aromatic N) is 5. The number of aromatic nitrogens is 3. The Morgan fingerprint density at radius 3 is 2.58 bits per heavy atom. The molecule has 8 heteroatoms. The quantitative estimate of drug-likeness (QED) is 0.484. The lowest BCUT2D eigenvalue weighted by atomic mass is 9.96. The predicted octanol–water partition coefficient (Wildman–Crippen LogP) is 3.99. The molecule has 0 atom stereocenters. The molecule has 1 fully saturated rings. The van der Waals surface area contributed by atoms with Gasteiger partial charge in [0, 0.05) is 44.9 Å². The fraction of sp³-hybridized carbons (Fsp3) is 0.320. The molecule has 1 amide bonds. The summed E-state index contributed by atoms with van der Waals surface area (Å²) in [5.74, 6) is 0.711. The summed E-state index contributed by atoms with van der Waals surface area (Å²) in [5.41, 5.74) is 3.93. The number of hydrogen-bond acceptors (Lipinski definition) is 6. The smallest absolute Gasteiger partial charge is 0.298 e. The molecule has 0 aliphatic carbocycles. The Bertz CT molecular complexity index is 1200. The van der Waals surface area contributed by atoms with Crippen LogP contribution in [0.5, 0.6) is 0 Å². The van der Waals surface area contributed by atoms with Gasteiger partial charge < -0.3 is 19.5 Å². The number of rotatable bonds is 6. The molecular weight excluding hydrogens is 416 g/mol. The Morgan fingerprint density at radius 1 is 1.09 bits per heavy atom. The maximum atomic E-state index is 13.0. The van der Waals surface area contributed by atoms with E-state index in [0.717, 1.165) is 54.1 Å². The van der Waals surface area contributed by atoms with E-state index in [1.165, 1.54) is 0 Å². The van der Waals surface area contributed by atoms with E-state index in [1.54, 1.807) is 6.20 Å². The monoisotopic (exact) mass is 444 g/mol. The first-order valence-electron chi connectivity index (χ1n) is 11.3. The standard InChI is InChI=1S/C25H28N6O2/c1-29(2)20-9-7-18(8-10-20)17-31-23(11-14-26-31)28-24(32)19-12-15-30(16-13-19)25-27-21-5-3-4-6-22(21)33-25/h3-11,14,19H,12-13,15-17H2,1-2H3,(H,28,32). The largest absolute Gasteiger partial charge is 0.423 e. The lowest BCUT2D eigenvalue weighted by Crippen LogP contribution is -2.38. The molecule has 0 saturated carbocycles. The van der Waals surface area contributed by atoms with E-state index >= 15 is 0 Å². The van der Waals surface area contributed by atoms with Crippen molar-refractivity contribution in [3.05, 3.63) is 66.4 Å². The van der Waals surface area contributed by atoms with E-state index < -0.39 is 0 Å². The molecular formula is C25H28N6O2. The first-order valence-corrected chi connectivity index (χ1v) is 11.3. The van der Waals surface area contributed by atoms with Gasteiger partial charge in [0.05, 0.1) is 12.7 Å². The van der Waals surface area contributed by atoms with Gasteiger partial charge in [-0.15, -0.1) is 0 Å². The first kappa shape index (κ1) is 21.1. The Hall–Kier alpha value is -3.81. The van der Waals surface area contributed by atoms with Crippen molar-refractivity contribution in [3.8, 4) is 0 Å². The summed E-state index contributed by atoms with van der Waals surface area (Å²) in [7, 11) is 4.04. The topological polar surface area (TPSA) is 79.4 Å². The van der Waals surface area contributed by atoms with Gasteiger partial charge in [-0.2, -0.15) is 10.1 Å². The minimum absolute atomic E-state index is 0.0388. The number of oxazole rings is 1. The molecule has 0 radical (unpaired) electrons. The molecule has 0 unspecified atom stereocenters. The average molecular weight is 445 g/mol. The predicted molar refractivity (Wildman–Crippen MR) is 130 cm³/mol. The normalized spacial score (nSPS) is 14.5. The number of fused-ring (bicyclic) bond motifs is 1. The van der Waals surface area contributed by atoms with Crippen molar-refractivity contribution in [2.75, 3.05) is 42.3 Å². The van der Waals surface area contributed by atoms with Gasteiger partial charge in [-0.05, 0) is 42.7 Å². The van der Waals surface area contributed by atoms with Crippen LogP contribution in [0.15, 0.2) is 65.2 Å². The second-order valence-corrected chi connectivity index (χ2v) is 8.65. The lowest BCUT2D eigenvalue weighted by molar-refractivity contribution is -0.120. The van der Waals surface area contributed by atoms with Gasteiger partial charge >= 0.3 is 0 Å². The highest BCUT2D eigenvalue weighted by Gasteiger charge is 2.27. The number of piperidine rings is 1. The summed E-state index contributed by atoms with van der Waals surface area (Å²) in [6.07, 6.45) is 3.23. The van der Waals surface area contributed by atoms with Crippen molar-refractivity contribution in [3.63, 3.8) is 0 Å². The van der Waals surface area contributed by atoms with E-state index in [2.05, 4.69) is 49.5 Å². The van der Waals surface area contributed by atoms with Crippen LogP contribution in [0.25, 0.3) is 11.1 Å². The van der Waals surface area contributed by atoms with Gasteiger partial charge in [0.1, 0.15) is 11.3 Å². The number of carbonyl (C=O) groups excluding carboxylic acids is 1. The van der Waals surface area contributed by atoms with Gasteiger partial charge in [0.2, 0.25) is 5.91 Å². The highest BCUT2D eigenvalue weighted by Crippen LogP contribution is 2.27. The van der Waals surface area contributed by atoms with Crippen molar-refractivity contribution in [2.24, 2.45) is 5.92 Å². The summed E-state index contributed by atoms with van der Waals surface area (Å²) in [6.45, 7) is 2.08. The Balaban J connectivity index is 1.18. The molecule has 1 N–H and O–H groups in total. The summed E-state index contributed by atoms with van der Waals surface area (Å²) in [4.78, 5) is 21.7. The van der Waals surface area contributed by atoms with Crippen LogP contribution in [-0.4, -0.2) is 47.9 Å². The molecule has 8 nitrogen and oxygen atoms in total. The van der Waals surface area contributed by atoms with E-state index in [1.807, 2.05) is 49.1 Å². The maximum Gasteiger partial charge on any atom is 0.298 e. The highest BCUT2D eigenvalue weighted by molar-refractivity contribution is 5.92. The van der Waals surface area contributed by atoms with Crippen LogP contribution < -0.4 is 15.1 Å². The van der Waals surface area contributed by atoms with Gasteiger partial charge in [-0.3, -0.25) is 4.79 Å². The first-order chi connectivity index (χ1) is 16.1. The van der Waals surface area contributed by atoms with Crippen molar-refractivity contribution in [1.29, 1.82) is 0 Å². The summed E-state index contributed by atoms with van der Waals surface area (Å²) < 4.78 is 7.71. The van der Waals surface area contributed by atoms with Crippen molar-refractivity contribution >= 4 is 34.5 Å². The van der Waals surface area contributed by atoms with Crippen LogP contribution in [0.2, 0.25) is 0 Å². The number of carbonyl (C=O) groups is 1. The molecule has 4 aromatic rings. The Labute approximate surface area is 192 Å². The van der Waals surface area contributed by atoms with Gasteiger partial charge in [0.25, 0.3) is 6.01 Å². The molecule has 0 bridgehead atoms. The SMILES string of the molecule is CN(C)c1ccc(Cn2nccc2NC(=O)C2CCN(c3nc4ccccc4o3)CC2)cc1. The molecule has 1 aliphatic rings. The number of anilines is 3. The number of nitrogens with one attached hydrogen (secondary N) is 1. The van der Waals surface area contributed by atoms with E-state index in [-0.39, 0.29) is 11.8 Å². The minimum atomic E-state index is -0.0478. The van der Waals surface area contributed by atoms with Crippen LogP contribution in [0.4, 0.5) is 17.5 Å². The maximum absolute atomic E-state index is 13.0. The number of para-hydroxylation sites is 2. The molecule has 5 rings (SSSR count). The summed E-state index contributed by atoms with van der Waals surface area (Å²) >= 11 is 0. The fourth-order valence-electron chi connectivity index (χ4n) is 4.19. The van der Waals surface area contributed by atoms with Gasteiger partial charge in [0.15, 0.2) is 5.58 Å². The third kappa shape index (κ3) is 4.55. The Kier molecular flexibility index (Phi) is 5.73. The number of benzene rings is 2. The zero-order valence-corrected chi connectivity index (χ0v) is 18.9. The fourth-order valence-corrected chi connectivity index (χ4v) is 4.19. The van der Waals surface area contributed by atoms with Crippen LogP contribution in [0, 0.1) is 5.92 Å². The summed E-state index contributed by atoms with van der Waals surface area (Å²) in [6, 6.07) is 18.6.